The zero-order valence-corrected chi connectivity index (χ0v) is 13.4. The summed E-state index contributed by atoms with van der Waals surface area (Å²) in [6.45, 7) is 0.0512. The van der Waals surface area contributed by atoms with Gasteiger partial charge < -0.3 is 20.5 Å². The average Bonchev–Trinajstić information content (AvgIpc) is 2.60. The van der Waals surface area contributed by atoms with Gasteiger partial charge in [0, 0.05) is 6.42 Å². The molecule has 0 bridgehead atoms. The van der Waals surface area contributed by atoms with Crippen LogP contribution in [0.15, 0.2) is 60.7 Å². The second kappa shape index (κ2) is 9.07. The van der Waals surface area contributed by atoms with Crippen LogP contribution in [0, 0.1) is 0 Å². The van der Waals surface area contributed by atoms with Gasteiger partial charge in [-0.1, -0.05) is 60.7 Å². The van der Waals surface area contributed by atoms with Gasteiger partial charge in [0.2, 0.25) is 0 Å². The van der Waals surface area contributed by atoms with E-state index in [-0.39, 0.29) is 13.0 Å². The highest BCUT2D eigenvalue weighted by Crippen LogP contribution is 2.06. The van der Waals surface area contributed by atoms with E-state index in [1.54, 1.807) is 36.4 Å². The standard InChI is InChI=1S/C18H18N2O5/c19-17(22)25-16(21)15(11-13-7-3-1-4-8-13)20-18(23)24-12-14-9-5-2-6-10-14/h1-10,15H,11-12H2,(H2,19,22)(H,20,23)/t15-/m0/s1. The van der Waals surface area contributed by atoms with E-state index in [4.69, 9.17) is 10.5 Å². The molecule has 0 radical (unpaired) electrons. The van der Waals surface area contributed by atoms with E-state index in [0.29, 0.717) is 0 Å². The minimum Gasteiger partial charge on any atom is -0.445 e. The van der Waals surface area contributed by atoms with Crippen LogP contribution in [0.4, 0.5) is 9.59 Å². The molecule has 3 N–H and O–H groups in total. The number of primary amides is 1. The number of nitrogens with one attached hydrogen (secondary N) is 1. The van der Waals surface area contributed by atoms with Crippen LogP contribution in [0.5, 0.6) is 0 Å². The Bertz CT molecular complexity index is 719. The normalized spacial score (nSPS) is 11.2. The van der Waals surface area contributed by atoms with Crippen LogP contribution >= 0.6 is 0 Å². The number of carbonyl (C=O) groups is 3. The smallest absolute Gasteiger partial charge is 0.412 e. The molecule has 0 fully saturated rings. The Labute approximate surface area is 144 Å². The van der Waals surface area contributed by atoms with E-state index >= 15 is 0 Å². The van der Waals surface area contributed by atoms with Gasteiger partial charge in [-0.05, 0) is 11.1 Å². The fourth-order valence-corrected chi connectivity index (χ4v) is 2.12. The van der Waals surface area contributed by atoms with Crippen molar-refractivity contribution in [2.45, 2.75) is 19.1 Å². The predicted molar refractivity (Wildman–Crippen MR) is 89.4 cm³/mol. The van der Waals surface area contributed by atoms with E-state index in [9.17, 15) is 14.4 Å². The molecule has 130 valence electrons. The summed E-state index contributed by atoms with van der Waals surface area (Å²) >= 11 is 0. The molecule has 0 heterocycles. The van der Waals surface area contributed by atoms with Crippen molar-refractivity contribution in [1.82, 2.24) is 5.32 Å². The summed E-state index contributed by atoms with van der Waals surface area (Å²) in [7, 11) is 0. The molecule has 0 aliphatic heterocycles. The lowest BCUT2D eigenvalue weighted by Crippen LogP contribution is -2.44. The number of carbonyl (C=O) groups excluding carboxylic acids is 3. The monoisotopic (exact) mass is 342 g/mol. The van der Waals surface area contributed by atoms with Crippen LogP contribution in [-0.2, 0) is 27.3 Å². The summed E-state index contributed by atoms with van der Waals surface area (Å²) in [6.07, 6.45) is -1.90. The van der Waals surface area contributed by atoms with Crippen molar-refractivity contribution in [2.24, 2.45) is 5.73 Å². The number of alkyl carbamates (subject to hydrolysis) is 1. The van der Waals surface area contributed by atoms with Gasteiger partial charge in [-0.15, -0.1) is 0 Å². The van der Waals surface area contributed by atoms with E-state index in [0.717, 1.165) is 11.1 Å². The summed E-state index contributed by atoms with van der Waals surface area (Å²) in [5.41, 5.74) is 6.44. The number of rotatable bonds is 6. The molecule has 25 heavy (non-hydrogen) atoms. The van der Waals surface area contributed by atoms with Crippen molar-refractivity contribution in [3.8, 4) is 0 Å². The topological polar surface area (TPSA) is 108 Å². The van der Waals surface area contributed by atoms with Gasteiger partial charge in [0.1, 0.15) is 12.6 Å². The second-order valence-electron chi connectivity index (χ2n) is 5.19. The Morgan fingerprint density at radius 3 is 2.04 bits per heavy atom. The first kappa shape index (κ1) is 18.0. The van der Waals surface area contributed by atoms with Gasteiger partial charge in [0.15, 0.2) is 0 Å². The van der Waals surface area contributed by atoms with Crippen molar-refractivity contribution >= 4 is 18.2 Å². The average molecular weight is 342 g/mol. The lowest BCUT2D eigenvalue weighted by Gasteiger charge is -2.16. The zero-order chi connectivity index (χ0) is 18.1. The number of hydrogen-bond acceptors (Lipinski definition) is 5. The maximum Gasteiger partial charge on any atom is 0.412 e. The SMILES string of the molecule is NC(=O)OC(=O)[C@H](Cc1ccccc1)NC(=O)OCc1ccccc1. The molecule has 0 aliphatic carbocycles. The highest BCUT2D eigenvalue weighted by molar-refractivity contribution is 5.89. The molecule has 0 spiro atoms. The van der Waals surface area contributed by atoms with Gasteiger partial charge in [-0.2, -0.15) is 0 Å². The van der Waals surface area contributed by atoms with E-state index < -0.39 is 24.2 Å². The highest BCUT2D eigenvalue weighted by Gasteiger charge is 2.25. The molecule has 7 heteroatoms. The fraction of sp³-hybridized carbons (Fsp3) is 0.167. The first-order valence-corrected chi connectivity index (χ1v) is 7.57. The van der Waals surface area contributed by atoms with Crippen molar-refractivity contribution in [3.05, 3.63) is 71.8 Å². The first-order valence-electron chi connectivity index (χ1n) is 7.57. The number of ether oxygens (including phenoxy) is 2. The number of amides is 2. The second-order valence-corrected chi connectivity index (χ2v) is 5.19. The summed E-state index contributed by atoms with van der Waals surface area (Å²) in [4.78, 5) is 34.7. The van der Waals surface area contributed by atoms with Gasteiger partial charge in [0.25, 0.3) is 0 Å². The third-order valence-corrected chi connectivity index (χ3v) is 3.27. The van der Waals surface area contributed by atoms with Crippen LogP contribution in [0.3, 0.4) is 0 Å². The number of hydrogen-bond donors (Lipinski definition) is 2. The molecule has 2 aromatic rings. The summed E-state index contributed by atoms with van der Waals surface area (Å²) < 4.78 is 9.46. The fourth-order valence-electron chi connectivity index (χ4n) is 2.12. The molecule has 0 unspecified atom stereocenters. The van der Waals surface area contributed by atoms with Crippen LogP contribution in [0.1, 0.15) is 11.1 Å². The molecular formula is C18H18N2O5. The summed E-state index contributed by atoms with van der Waals surface area (Å²) in [5, 5.41) is 2.40. The third-order valence-electron chi connectivity index (χ3n) is 3.27. The van der Waals surface area contributed by atoms with Gasteiger partial charge >= 0.3 is 18.2 Å². The maximum absolute atomic E-state index is 12.0. The summed E-state index contributed by atoms with van der Waals surface area (Å²) in [5.74, 6) is -0.951. The molecule has 1 atom stereocenters. The van der Waals surface area contributed by atoms with Gasteiger partial charge in [0.05, 0.1) is 0 Å². The first-order chi connectivity index (χ1) is 12.0. The molecule has 0 saturated heterocycles. The Morgan fingerprint density at radius 1 is 0.920 bits per heavy atom. The van der Waals surface area contributed by atoms with Gasteiger partial charge in [-0.25, -0.2) is 14.4 Å². The molecule has 0 saturated carbocycles. The van der Waals surface area contributed by atoms with Crippen LogP contribution in [0.25, 0.3) is 0 Å². The zero-order valence-electron chi connectivity index (χ0n) is 13.4. The molecule has 2 amide bonds. The van der Waals surface area contributed by atoms with E-state index in [1.165, 1.54) is 0 Å². The Kier molecular flexibility index (Phi) is 6.53. The molecule has 2 rings (SSSR count). The quantitative estimate of drug-likeness (QED) is 0.618. The number of benzene rings is 2. The largest absolute Gasteiger partial charge is 0.445 e. The highest BCUT2D eigenvalue weighted by atomic mass is 16.6. The van der Waals surface area contributed by atoms with Gasteiger partial charge in [-0.3, -0.25) is 0 Å². The molecule has 7 nitrogen and oxygen atoms in total. The minimum atomic E-state index is -1.23. The van der Waals surface area contributed by atoms with Crippen LogP contribution < -0.4 is 11.1 Å². The van der Waals surface area contributed by atoms with Crippen molar-refractivity contribution in [3.63, 3.8) is 0 Å². The van der Waals surface area contributed by atoms with Crippen molar-refractivity contribution in [2.75, 3.05) is 0 Å². The Hall–Kier alpha value is -3.35. The Morgan fingerprint density at radius 2 is 1.48 bits per heavy atom. The molecule has 0 aromatic heterocycles. The molecule has 2 aromatic carbocycles. The van der Waals surface area contributed by atoms with E-state index in [2.05, 4.69) is 10.1 Å². The maximum atomic E-state index is 12.0. The molecule has 0 aliphatic rings. The molecular weight excluding hydrogens is 324 g/mol. The van der Waals surface area contributed by atoms with Crippen molar-refractivity contribution < 1.29 is 23.9 Å². The van der Waals surface area contributed by atoms with E-state index in [1.807, 2.05) is 24.3 Å². The Balaban J connectivity index is 1.97. The lowest BCUT2D eigenvalue weighted by atomic mass is 10.1. The number of esters is 1. The minimum absolute atomic E-state index is 0.0512. The van der Waals surface area contributed by atoms with Crippen LogP contribution in [0.2, 0.25) is 0 Å². The van der Waals surface area contributed by atoms with Crippen LogP contribution in [-0.4, -0.2) is 24.2 Å². The number of nitrogens with two attached hydrogens (primary N) is 1. The predicted octanol–water partition coefficient (Wildman–Crippen LogP) is 2.15. The third kappa shape index (κ3) is 6.34. The summed E-state index contributed by atoms with van der Waals surface area (Å²) in [6, 6.07) is 17.0. The lowest BCUT2D eigenvalue weighted by molar-refractivity contribution is -0.139. The van der Waals surface area contributed by atoms with Crippen molar-refractivity contribution in [1.29, 1.82) is 0 Å².